The maximum atomic E-state index is 11.6. The van der Waals surface area contributed by atoms with Gasteiger partial charge in [0.05, 0.1) is 0 Å². The van der Waals surface area contributed by atoms with Gasteiger partial charge in [-0.15, -0.1) is 24.0 Å². The average Bonchev–Trinajstić information content (AvgIpc) is 2.67. The molecule has 1 aromatic rings. The predicted molar refractivity (Wildman–Crippen MR) is 123 cm³/mol. The van der Waals surface area contributed by atoms with Gasteiger partial charge in [0.15, 0.2) is 5.96 Å². The number of halogens is 1. The number of carbonyl (C=O) groups is 1. The molecule has 0 aliphatic carbocycles. The summed E-state index contributed by atoms with van der Waals surface area (Å²) in [7, 11) is 1.77. The van der Waals surface area contributed by atoms with Crippen LogP contribution in [0.3, 0.4) is 0 Å². The van der Waals surface area contributed by atoms with Crippen molar-refractivity contribution < 1.29 is 4.79 Å². The molecular weight excluding hydrogens is 453 g/mol. The van der Waals surface area contributed by atoms with Crippen molar-refractivity contribution in [2.24, 2.45) is 4.99 Å². The van der Waals surface area contributed by atoms with Crippen molar-refractivity contribution in [2.75, 3.05) is 33.2 Å². The van der Waals surface area contributed by atoms with Gasteiger partial charge in [-0.05, 0) is 24.8 Å². The third-order valence-corrected chi connectivity index (χ3v) is 4.62. The molecule has 1 fully saturated rings. The summed E-state index contributed by atoms with van der Waals surface area (Å²) in [5.74, 6) is 0.874. The lowest BCUT2D eigenvalue weighted by atomic mass is 10.0. The first-order valence-corrected chi connectivity index (χ1v) is 9.71. The second kappa shape index (κ2) is 13.8. The molecule has 2 rings (SSSR count). The van der Waals surface area contributed by atoms with E-state index < -0.39 is 0 Å². The maximum Gasteiger partial charge on any atom is 0.221 e. The number of likely N-dealkylation sites (tertiary alicyclic amines) is 1. The fourth-order valence-corrected chi connectivity index (χ4v) is 3.11. The van der Waals surface area contributed by atoms with E-state index in [1.165, 1.54) is 5.56 Å². The van der Waals surface area contributed by atoms with Gasteiger partial charge >= 0.3 is 0 Å². The van der Waals surface area contributed by atoms with E-state index in [0.717, 1.165) is 51.4 Å². The third kappa shape index (κ3) is 9.41. The Bertz CT molecular complexity index is 559. The summed E-state index contributed by atoms with van der Waals surface area (Å²) in [6.07, 6.45) is 3.64. The first kappa shape index (κ1) is 23.7. The Labute approximate surface area is 180 Å². The van der Waals surface area contributed by atoms with Crippen molar-refractivity contribution >= 4 is 35.8 Å². The molecule has 1 aliphatic heterocycles. The van der Waals surface area contributed by atoms with Crippen LogP contribution in [0.25, 0.3) is 0 Å². The summed E-state index contributed by atoms with van der Waals surface area (Å²) >= 11 is 0. The summed E-state index contributed by atoms with van der Waals surface area (Å²) in [4.78, 5) is 18.4. The summed E-state index contributed by atoms with van der Waals surface area (Å²) in [6.45, 7) is 6.59. The van der Waals surface area contributed by atoms with Crippen molar-refractivity contribution in [3.8, 4) is 0 Å². The highest BCUT2D eigenvalue weighted by Crippen LogP contribution is 2.13. The van der Waals surface area contributed by atoms with Crippen LogP contribution in [0, 0.1) is 0 Å². The van der Waals surface area contributed by atoms with Gasteiger partial charge in [0.1, 0.15) is 0 Å². The van der Waals surface area contributed by atoms with Crippen LogP contribution in [0.1, 0.15) is 38.2 Å². The van der Waals surface area contributed by atoms with Crippen LogP contribution >= 0.6 is 24.0 Å². The highest BCUT2D eigenvalue weighted by Gasteiger charge is 2.20. The van der Waals surface area contributed by atoms with E-state index in [2.05, 4.69) is 63.1 Å². The SMILES string of the molecule is CCCNC(=O)CCNC(=NC)NC1CCN(Cc2ccccc2)CC1.I. The van der Waals surface area contributed by atoms with Crippen LogP contribution in [0.15, 0.2) is 35.3 Å². The fraction of sp³-hybridized carbons (Fsp3) is 0.600. The highest BCUT2D eigenvalue weighted by molar-refractivity contribution is 14.0. The lowest BCUT2D eigenvalue weighted by molar-refractivity contribution is -0.120. The molecule has 1 heterocycles. The molecule has 0 bridgehead atoms. The molecular formula is C20H34IN5O. The number of rotatable bonds is 8. The zero-order chi connectivity index (χ0) is 18.6. The molecule has 27 heavy (non-hydrogen) atoms. The molecule has 0 radical (unpaired) electrons. The van der Waals surface area contributed by atoms with Crippen LogP contribution in [0.4, 0.5) is 0 Å². The number of nitrogens with one attached hydrogen (secondary N) is 3. The van der Waals surface area contributed by atoms with Gasteiger partial charge in [-0.25, -0.2) is 0 Å². The lowest BCUT2D eigenvalue weighted by Crippen LogP contribution is -2.49. The van der Waals surface area contributed by atoms with Crippen LogP contribution in [0.5, 0.6) is 0 Å². The van der Waals surface area contributed by atoms with Gasteiger partial charge in [-0.2, -0.15) is 0 Å². The molecule has 0 spiro atoms. The zero-order valence-electron chi connectivity index (χ0n) is 16.5. The topological polar surface area (TPSA) is 68.8 Å². The second-order valence-corrected chi connectivity index (χ2v) is 6.78. The molecule has 0 unspecified atom stereocenters. The van der Waals surface area contributed by atoms with Crippen molar-refractivity contribution in [2.45, 2.75) is 45.2 Å². The minimum atomic E-state index is 0. The van der Waals surface area contributed by atoms with E-state index in [9.17, 15) is 4.79 Å². The summed E-state index contributed by atoms with van der Waals surface area (Å²) < 4.78 is 0. The van der Waals surface area contributed by atoms with Gasteiger partial charge in [-0.1, -0.05) is 37.3 Å². The molecule has 7 heteroatoms. The number of benzene rings is 1. The first-order chi connectivity index (χ1) is 12.7. The van der Waals surface area contributed by atoms with Crippen LogP contribution < -0.4 is 16.0 Å². The molecule has 152 valence electrons. The molecule has 1 saturated heterocycles. The predicted octanol–water partition coefficient (Wildman–Crippen LogP) is 2.35. The number of nitrogens with zero attached hydrogens (tertiary/aromatic N) is 2. The van der Waals surface area contributed by atoms with E-state index >= 15 is 0 Å². The molecule has 1 aromatic carbocycles. The standard InChI is InChI=1S/C20H33N5O.HI/c1-3-12-22-19(26)9-13-23-20(21-2)24-18-10-14-25(15-11-18)16-17-7-5-4-6-8-17;/h4-8,18H,3,9-16H2,1-2H3,(H,22,26)(H2,21,23,24);1H. The zero-order valence-corrected chi connectivity index (χ0v) is 18.9. The number of carbonyl (C=O) groups excluding carboxylic acids is 1. The van der Waals surface area contributed by atoms with Crippen molar-refractivity contribution in [3.05, 3.63) is 35.9 Å². The van der Waals surface area contributed by atoms with Gasteiger partial charge in [-0.3, -0.25) is 14.7 Å². The number of hydrogen-bond acceptors (Lipinski definition) is 3. The minimum Gasteiger partial charge on any atom is -0.356 e. The Hall–Kier alpha value is -1.35. The molecule has 6 nitrogen and oxygen atoms in total. The quantitative estimate of drug-likeness (QED) is 0.299. The number of guanidine groups is 1. The van der Waals surface area contributed by atoms with Crippen LogP contribution in [-0.2, 0) is 11.3 Å². The van der Waals surface area contributed by atoms with Gasteiger partial charge in [0, 0.05) is 52.2 Å². The molecule has 1 amide bonds. The highest BCUT2D eigenvalue weighted by atomic mass is 127. The number of piperidine rings is 1. The lowest BCUT2D eigenvalue weighted by Gasteiger charge is -2.33. The summed E-state index contributed by atoms with van der Waals surface area (Å²) in [5, 5.41) is 9.61. The van der Waals surface area contributed by atoms with Crippen LogP contribution in [0.2, 0.25) is 0 Å². The Morgan fingerprint density at radius 1 is 1.15 bits per heavy atom. The van der Waals surface area contributed by atoms with Gasteiger partial charge in [0.25, 0.3) is 0 Å². The number of hydrogen-bond donors (Lipinski definition) is 3. The molecule has 0 atom stereocenters. The Kier molecular flexibility index (Phi) is 12.1. The van der Waals surface area contributed by atoms with Gasteiger partial charge in [0.2, 0.25) is 5.91 Å². The van der Waals surface area contributed by atoms with Crippen molar-refractivity contribution in [1.82, 2.24) is 20.9 Å². The fourth-order valence-electron chi connectivity index (χ4n) is 3.11. The van der Waals surface area contributed by atoms with Crippen molar-refractivity contribution in [1.29, 1.82) is 0 Å². The average molecular weight is 487 g/mol. The van der Waals surface area contributed by atoms with E-state index in [4.69, 9.17) is 0 Å². The van der Waals surface area contributed by atoms with E-state index in [0.29, 0.717) is 19.0 Å². The van der Waals surface area contributed by atoms with E-state index in [1.807, 2.05) is 0 Å². The monoisotopic (exact) mass is 487 g/mol. The van der Waals surface area contributed by atoms with Crippen LogP contribution in [-0.4, -0.2) is 56.0 Å². The van der Waals surface area contributed by atoms with E-state index in [-0.39, 0.29) is 29.9 Å². The Balaban J connectivity index is 0.00000364. The van der Waals surface area contributed by atoms with Gasteiger partial charge < -0.3 is 16.0 Å². The smallest absolute Gasteiger partial charge is 0.221 e. The Morgan fingerprint density at radius 2 is 1.85 bits per heavy atom. The third-order valence-electron chi connectivity index (χ3n) is 4.62. The number of amides is 1. The Morgan fingerprint density at radius 3 is 2.48 bits per heavy atom. The molecule has 0 saturated carbocycles. The molecule has 3 N–H and O–H groups in total. The second-order valence-electron chi connectivity index (χ2n) is 6.78. The number of aliphatic imine (C=N–C) groups is 1. The van der Waals surface area contributed by atoms with E-state index in [1.54, 1.807) is 7.05 Å². The molecule has 1 aliphatic rings. The summed E-state index contributed by atoms with van der Waals surface area (Å²) in [5.41, 5.74) is 1.37. The maximum absolute atomic E-state index is 11.6. The summed E-state index contributed by atoms with van der Waals surface area (Å²) in [6, 6.07) is 11.1. The minimum absolute atomic E-state index is 0. The largest absolute Gasteiger partial charge is 0.356 e. The molecule has 0 aromatic heterocycles. The first-order valence-electron chi connectivity index (χ1n) is 9.71. The van der Waals surface area contributed by atoms with Crippen molar-refractivity contribution in [3.63, 3.8) is 0 Å². The normalized spacial score (nSPS) is 15.7.